The van der Waals surface area contributed by atoms with E-state index in [2.05, 4.69) is 11.4 Å². The summed E-state index contributed by atoms with van der Waals surface area (Å²) in [6, 6.07) is 7.19. The van der Waals surface area contributed by atoms with Gasteiger partial charge in [-0.3, -0.25) is 4.79 Å². The van der Waals surface area contributed by atoms with Crippen LogP contribution in [0.15, 0.2) is 34.8 Å². The maximum Gasteiger partial charge on any atom is 0.248 e. The second kappa shape index (κ2) is 8.67. The number of nitrogens with one attached hydrogen (secondary N) is 1. The van der Waals surface area contributed by atoms with E-state index in [0.717, 1.165) is 58.4 Å². The molecule has 4 rings (SSSR count). The van der Waals surface area contributed by atoms with E-state index in [1.165, 1.54) is 12.0 Å². The summed E-state index contributed by atoms with van der Waals surface area (Å²) in [6.45, 7) is 3.91. The molecule has 1 aromatic heterocycles. The number of hydrogen-bond donors (Lipinski definition) is 1. The quantitative estimate of drug-likeness (QED) is 0.471. The molecule has 0 saturated carbocycles. The minimum atomic E-state index is -0.271. The lowest BCUT2D eigenvalue weighted by Gasteiger charge is -2.14. The third-order valence-electron chi connectivity index (χ3n) is 5.82. The third-order valence-corrected chi connectivity index (χ3v) is 6.06. The molecule has 0 unspecified atom stereocenters. The lowest BCUT2D eigenvalue weighted by molar-refractivity contribution is -0.111. The molecule has 31 heavy (non-hydrogen) atoms. The van der Waals surface area contributed by atoms with Crippen molar-refractivity contribution in [2.75, 3.05) is 19.5 Å². The number of hydrogen-bond acceptors (Lipinski definition) is 4. The average Bonchev–Trinajstić information content (AvgIpc) is 3.13. The summed E-state index contributed by atoms with van der Waals surface area (Å²) in [7, 11) is 3.19. The van der Waals surface area contributed by atoms with Gasteiger partial charge in [-0.25, -0.2) is 0 Å². The topological polar surface area (TPSA) is 60.7 Å². The molecule has 3 aromatic rings. The molecule has 0 spiro atoms. The van der Waals surface area contributed by atoms with Crippen molar-refractivity contribution in [1.29, 1.82) is 0 Å². The van der Waals surface area contributed by atoms with Gasteiger partial charge in [0.2, 0.25) is 5.91 Å². The Balaban J connectivity index is 1.72. The molecule has 1 aliphatic carbocycles. The Morgan fingerprint density at radius 3 is 2.68 bits per heavy atom. The standard InChI is InChI=1S/C25H26ClNO4/c1-14(11-23(28)27-20-12-16(26)9-10-22(20)29-3)18-13-19-17-7-5-6-8-21(17)31-25(19)15(2)24(18)30-4/h9-13H,5-8H2,1-4H3,(H,27,28)/b14-11+. The zero-order valence-electron chi connectivity index (χ0n) is 18.2. The van der Waals surface area contributed by atoms with E-state index in [1.807, 2.05) is 13.8 Å². The van der Waals surface area contributed by atoms with Gasteiger partial charge in [-0.15, -0.1) is 0 Å². The molecule has 0 bridgehead atoms. The molecular weight excluding hydrogens is 414 g/mol. The van der Waals surface area contributed by atoms with Crippen molar-refractivity contribution in [2.24, 2.45) is 0 Å². The van der Waals surface area contributed by atoms with Crippen LogP contribution in [0.4, 0.5) is 5.69 Å². The van der Waals surface area contributed by atoms with Crippen LogP contribution in [-0.2, 0) is 17.6 Å². The number of allylic oxidation sites excluding steroid dienone is 1. The highest BCUT2D eigenvalue weighted by Crippen LogP contribution is 2.41. The van der Waals surface area contributed by atoms with E-state index < -0.39 is 0 Å². The van der Waals surface area contributed by atoms with Crippen LogP contribution < -0.4 is 14.8 Å². The molecule has 0 saturated heterocycles. The van der Waals surface area contributed by atoms with Crippen LogP contribution in [0.5, 0.6) is 11.5 Å². The fourth-order valence-corrected chi connectivity index (χ4v) is 4.49. The minimum absolute atomic E-state index is 0.271. The molecular formula is C25H26ClNO4. The highest BCUT2D eigenvalue weighted by molar-refractivity contribution is 6.31. The zero-order chi connectivity index (χ0) is 22.1. The molecule has 0 atom stereocenters. The van der Waals surface area contributed by atoms with Crippen LogP contribution in [-0.4, -0.2) is 20.1 Å². The fraction of sp³-hybridized carbons (Fsp3) is 0.320. The molecule has 0 aliphatic heterocycles. The van der Waals surface area contributed by atoms with E-state index in [0.29, 0.717) is 16.5 Å². The Bertz CT molecular complexity index is 1190. The number of fused-ring (bicyclic) bond motifs is 3. The van der Waals surface area contributed by atoms with Gasteiger partial charge < -0.3 is 19.2 Å². The van der Waals surface area contributed by atoms with Gasteiger partial charge in [0.1, 0.15) is 22.8 Å². The number of carbonyl (C=O) groups is 1. The second-order valence-corrected chi connectivity index (χ2v) is 8.27. The highest BCUT2D eigenvalue weighted by atomic mass is 35.5. The number of benzene rings is 2. The van der Waals surface area contributed by atoms with Crippen molar-refractivity contribution < 1.29 is 18.7 Å². The lowest BCUT2D eigenvalue weighted by Crippen LogP contribution is -2.10. The first-order valence-electron chi connectivity index (χ1n) is 10.4. The van der Waals surface area contributed by atoms with Gasteiger partial charge in [0, 0.05) is 39.6 Å². The fourth-order valence-electron chi connectivity index (χ4n) is 4.31. The third kappa shape index (κ3) is 4.02. The normalized spacial score (nSPS) is 13.8. The number of anilines is 1. The van der Waals surface area contributed by atoms with E-state index in [9.17, 15) is 4.79 Å². The van der Waals surface area contributed by atoms with Gasteiger partial charge in [-0.05, 0) is 62.9 Å². The van der Waals surface area contributed by atoms with Crippen LogP contribution in [0, 0.1) is 6.92 Å². The predicted molar refractivity (Wildman–Crippen MR) is 124 cm³/mol. The number of rotatable bonds is 5. The number of amides is 1. The molecule has 0 radical (unpaired) electrons. The van der Waals surface area contributed by atoms with Crippen molar-refractivity contribution in [2.45, 2.75) is 39.5 Å². The maximum atomic E-state index is 12.8. The molecule has 1 N–H and O–H groups in total. The first-order chi connectivity index (χ1) is 14.9. The molecule has 1 amide bonds. The SMILES string of the molecule is COc1ccc(Cl)cc1NC(=O)/C=C(\C)c1cc2c3c(oc2c(C)c1OC)CCCC3. The van der Waals surface area contributed by atoms with Crippen LogP contribution in [0.1, 0.15) is 42.2 Å². The van der Waals surface area contributed by atoms with Gasteiger partial charge in [0.15, 0.2) is 0 Å². The largest absolute Gasteiger partial charge is 0.496 e. The van der Waals surface area contributed by atoms with Crippen molar-refractivity contribution >= 4 is 39.7 Å². The van der Waals surface area contributed by atoms with Crippen LogP contribution in [0.25, 0.3) is 16.5 Å². The smallest absolute Gasteiger partial charge is 0.248 e. The Morgan fingerprint density at radius 2 is 1.94 bits per heavy atom. The summed E-state index contributed by atoms with van der Waals surface area (Å²) in [5, 5.41) is 4.49. The zero-order valence-corrected chi connectivity index (χ0v) is 19.0. The Hall–Kier alpha value is -2.92. The van der Waals surface area contributed by atoms with E-state index in [-0.39, 0.29) is 5.91 Å². The predicted octanol–water partition coefficient (Wildman–Crippen LogP) is 6.33. The summed E-state index contributed by atoms with van der Waals surface area (Å²) >= 11 is 6.07. The molecule has 162 valence electrons. The lowest BCUT2D eigenvalue weighted by atomic mass is 9.93. The molecule has 6 heteroatoms. The second-order valence-electron chi connectivity index (χ2n) is 7.83. The molecule has 0 fully saturated rings. The van der Waals surface area contributed by atoms with E-state index in [4.69, 9.17) is 25.5 Å². The maximum absolute atomic E-state index is 12.8. The van der Waals surface area contributed by atoms with Gasteiger partial charge in [0.05, 0.1) is 19.9 Å². The summed E-state index contributed by atoms with van der Waals surface area (Å²) in [4.78, 5) is 12.8. The molecule has 2 aromatic carbocycles. The van der Waals surface area contributed by atoms with Gasteiger partial charge in [-0.1, -0.05) is 11.6 Å². The number of furan rings is 1. The Morgan fingerprint density at radius 1 is 1.16 bits per heavy atom. The first-order valence-corrected chi connectivity index (χ1v) is 10.8. The number of carbonyl (C=O) groups excluding carboxylic acids is 1. The van der Waals surface area contributed by atoms with Crippen LogP contribution >= 0.6 is 11.6 Å². The van der Waals surface area contributed by atoms with Crippen molar-refractivity contribution in [1.82, 2.24) is 0 Å². The number of halogens is 1. The van der Waals surface area contributed by atoms with Crippen molar-refractivity contribution in [3.8, 4) is 11.5 Å². The summed E-state index contributed by atoms with van der Waals surface area (Å²) in [5.41, 5.74) is 5.32. The average molecular weight is 440 g/mol. The number of methoxy groups -OCH3 is 2. The molecule has 1 aliphatic rings. The summed E-state index contributed by atoms with van der Waals surface area (Å²) in [5.74, 6) is 2.08. The number of aryl methyl sites for hydroxylation is 3. The molecule has 1 heterocycles. The van der Waals surface area contributed by atoms with Crippen LogP contribution in [0.2, 0.25) is 5.02 Å². The van der Waals surface area contributed by atoms with Gasteiger partial charge >= 0.3 is 0 Å². The van der Waals surface area contributed by atoms with Gasteiger partial charge in [0.25, 0.3) is 0 Å². The summed E-state index contributed by atoms with van der Waals surface area (Å²) < 4.78 is 17.2. The highest BCUT2D eigenvalue weighted by Gasteiger charge is 2.23. The Kier molecular flexibility index (Phi) is 5.96. The first kappa shape index (κ1) is 21.3. The van der Waals surface area contributed by atoms with Crippen LogP contribution in [0.3, 0.4) is 0 Å². The van der Waals surface area contributed by atoms with Crippen molar-refractivity contribution in [3.63, 3.8) is 0 Å². The monoisotopic (exact) mass is 439 g/mol. The minimum Gasteiger partial charge on any atom is -0.496 e. The summed E-state index contributed by atoms with van der Waals surface area (Å²) in [6.07, 6.45) is 5.88. The number of ether oxygens (including phenoxy) is 2. The Labute approximate surface area is 187 Å². The molecule has 5 nitrogen and oxygen atoms in total. The van der Waals surface area contributed by atoms with E-state index >= 15 is 0 Å². The van der Waals surface area contributed by atoms with E-state index in [1.54, 1.807) is 38.5 Å². The van der Waals surface area contributed by atoms with Crippen molar-refractivity contribution in [3.05, 3.63) is 57.8 Å². The van der Waals surface area contributed by atoms with Gasteiger partial charge in [-0.2, -0.15) is 0 Å².